The molecule has 0 spiro atoms. The third-order valence-electron chi connectivity index (χ3n) is 5.08. The van der Waals surface area contributed by atoms with Crippen molar-refractivity contribution < 1.29 is 13.2 Å². The van der Waals surface area contributed by atoms with Crippen molar-refractivity contribution in [2.24, 2.45) is 0 Å². The van der Waals surface area contributed by atoms with Gasteiger partial charge in [0.25, 0.3) is 0 Å². The highest BCUT2D eigenvalue weighted by Gasteiger charge is 2.44. The summed E-state index contributed by atoms with van der Waals surface area (Å²) in [6.45, 7) is 0.494. The van der Waals surface area contributed by atoms with Crippen molar-refractivity contribution in [3.05, 3.63) is 34.9 Å². The van der Waals surface area contributed by atoms with Gasteiger partial charge in [0.15, 0.2) is 9.84 Å². The molecule has 2 aliphatic carbocycles. The van der Waals surface area contributed by atoms with Crippen LogP contribution in [0.1, 0.15) is 44.1 Å². The van der Waals surface area contributed by atoms with Gasteiger partial charge >= 0.3 is 0 Å². The number of amides is 1. The Bertz CT molecular complexity index is 674. The minimum Gasteiger partial charge on any atom is -0.354 e. The second-order valence-electron chi connectivity index (χ2n) is 6.78. The number of halogens is 1. The summed E-state index contributed by atoms with van der Waals surface area (Å²) >= 11 is 5.91. The average molecular weight is 356 g/mol. The highest BCUT2D eigenvalue weighted by molar-refractivity contribution is 7.92. The molecule has 4 nitrogen and oxygen atoms in total. The lowest BCUT2D eigenvalue weighted by molar-refractivity contribution is -0.118. The molecule has 2 fully saturated rings. The fraction of sp³-hybridized carbons (Fsp3) is 0.588. The van der Waals surface area contributed by atoms with Gasteiger partial charge < -0.3 is 5.32 Å². The van der Waals surface area contributed by atoms with Crippen LogP contribution >= 0.6 is 11.6 Å². The fourth-order valence-electron chi connectivity index (χ4n) is 3.39. The van der Waals surface area contributed by atoms with Crippen molar-refractivity contribution in [2.75, 3.05) is 12.3 Å². The summed E-state index contributed by atoms with van der Waals surface area (Å²) in [6.07, 6.45) is 5.31. The molecule has 0 radical (unpaired) electrons. The Kier molecular flexibility index (Phi) is 4.70. The molecule has 1 amide bonds. The lowest BCUT2D eigenvalue weighted by Crippen LogP contribution is -2.38. The van der Waals surface area contributed by atoms with E-state index in [0.29, 0.717) is 24.4 Å². The number of carbonyl (C=O) groups excluding carboxylic acids is 1. The normalized spacial score (nSPS) is 20.4. The number of benzene rings is 1. The third kappa shape index (κ3) is 3.89. The Morgan fingerprint density at radius 3 is 2.35 bits per heavy atom. The lowest BCUT2D eigenvalue weighted by atomic mass is 9.96. The Labute approximate surface area is 142 Å². The van der Waals surface area contributed by atoms with Gasteiger partial charge in [0.05, 0.1) is 5.25 Å². The van der Waals surface area contributed by atoms with E-state index in [2.05, 4.69) is 5.32 Å². The molecule has 126 valence electrons. The molecule has 3 rings (SSSR count). The molecule has 0 saturated heterocycles. The highest BCUT2D eigenvalue weighted by Crippen LogP contribution is 2.47. The predicted molar refractivity (Wildman–Crippen MR) is 91.4 cm³/mol. The average Bonchev–Trinajstić information content (AvgIpc) is 3.07. The van der Waals surface area contributed by atoms with Gasteiger partial charge in [-0.3, -0.25) is 4.79 Å². The van der Waals surface area contributed by atoms with E-state index in [1.165, 1.54) is 0 Å². The largest absolute Gasteiger partial charge is 0.354 e. The van der Waals surface area contributed by atoms with Crippen LogP contribution in [0.5, 0.6) is 0 Å². The molecule has 0 unspecified atom stereocenters. The first-order valence-corrected chi connectivity index (χ1v) is 10.2. The molecular formula is C17H22ClNO3S. The Morgan fingerprint density at radius 2 is 1.78 bits per heavy atom. The number of hydrogen-bond donors (Lipinski definition) is 1. The number of nitrogens with one attached hydrogen (secondary N) is 1. The SMILES string of the molecule is O=C(CS(=O)(=O)C1CCCC1)NCC1(c2ccc(Cl)cc2)CC1. The van der Waals surface area contributed by atoms with Crippen molar-refractivity contribution in [3.63, 3.8) is 0 Å². The first-order chi connectivity index (χ1) is 10.9. The van der Waals surface area contributed by atoms with E-state index in [1.54, 1.807) is 0 Å². The molecule has 0 aliphatic heterocycles. The Balaban J connectivity index is 1.56. The minimum atomic E-state index is -3.31. The standard InChI is InChI=1S/C17H22ClNO3S/c18-14-7-5-13(6-8-14)17(9-10-17)12-19-16(20)11-23(21,22)15-3-1-2-4-15/h5-8,15H,1-4,9-12H2,(H,19,20). The third-order valence-corrected chi connectivity index (χ3v) is 7.48. The van der Waals surface area contributed by atoms with Crippen LogP contribution in [0.15, 0.2) is 24.3 Å². The molecule has 2 saturated carbocycles. The van der Waals surface area contributed by atoms with Gasteiger partial charge in [0.2, 0.25) is 5.91 Å². The zero-order chi connectivity index (χ0) is 16.5. The number of sulfone groups is 1. The smallest absolute Gasteiger partial charge is 0.235 e. The van der Waals surface area contributed by atoms with Crippen molar-refractivity contribution in [1.82, 2.24) is 5.32 Å². The molecule has 0 atom stereocenters. The number of carbonyl (C=O) groups is 1. The Morgan fingerprint density at radius 1 is 1.17 bits per heavy atom. The van der Waals surface area contributed by atoms with E-state index < -0.39 is 9.84 Å². The van der Waals surface area contributed by atoms with Gasteiger partial charge in [0, 0.05) is 17.0 Å². The summed E-state index contributed by atoms with van der Waals surface area (Å²) in [4.78, 5) is 12.1. The van der Waals surface area contributed by atoms with Crippen LogP contribution in [0.25, 0.3) is 0 Å². The van der Waals surface area contributed by atoms with Crippen LogP contribution in [0, 0.1) is 0 Å². The van der Waals surface area contributed by atoms with Crippen molar-refractivity contribution in [3.8, 4) is 0 Å². The monoisotopic (exact) mass is 355 g/mol. The molecular weight excluding hydrogens is 334 g/mol. The topological polar surface area (TPSA) is 63.2 Å². The van der Waals surface area contributed by atoms with E-state index in [-0.39, 0.29) is 22.3 Å². The second-order valence-corrected chi connectivity index (χ2v) is 9.50. The molecule has 0 aromatic heterocycles. The van der Waals surface area contributed by atoms with E-state index in [4.69, 9.17) is 11.6 Å². The van der Waals surface area contributed by atoms with E-state index >= 15 is 0 Å². The van der Waals surface area contributed by atoms with Gasteiger partial charge in [-0.05, 0) is 43.4 Å². The maximum absolute atomic E-state index is 12.2. The van der Waals surface area contributed by atoms with E-state index in [9.17, 15) is 13.2 Å². The molecule has 1 N–H and O–H groups in total. The first-order valence-electron chi connectivity index (χ1n) is 8.16. The maximum atomic E-state index is 12.2. The number of hydrogen-bond acceptors (Lipinski definition) is 3. The quantitative estimate of drug-likeness (QED) is 0.853. The van der Waals surface area contributed by atoms with Crippen molar-refractivity contribution >= 4 is 27.3 Å². The second kappa shape index (κ2) is 6.44. The Hall–Kier alpha value is -1.07. The molecule has 6 heteroatoms. The molecule has 1 aromatic carbocycles. The molecule has 1 aromatic rings. The van der Waals surface area contributed by atoms with Crippen LogP contribution in [0.4, 0.5) is 0 Å². The summed E-state index contributed by atoms with van der Waals surface area (Å²) in [5.41, 5.74) is 1.11. The fourth-order valence-corrected chi connectivity index (χ4v) is 5.27. The lowest BCUT2D eigenvalue weighted by Gasteiger charge is -2.17. The van der Waals surface area contributed by atoms with Crippen LogP contribution < -0.4 is 5.32 Å². The van der Waals surface area contributed by atoms with Gasteiger partial charge in [-0.2, -0.15) is 0 Å². The van der Waals surface area contributed by atoms with Crippen LogP contribution in [0.2, 0.25) is 5.02 Å². The molecule has 0 bridgehead atoms. The van der Waals surface area contributed by atoms with E-state index in [0.717, 1.165) is 31.2 Å². The molecule has 0 heterocycles. The summed E-state index contributed by atoms with van der Waals surface area (Å²) in [6, 6.07) is 7.67. The van der Waals surface area contributed by atoms with Gasteiger partial charge in [-0.25, -0.2) is 8.42 Å². The van der Waals surface area contributed by atoms with Crippen LogP contribution in [-0.2, 0) is 20.0 Å². The molecule has 23 heavy (non-hydrogen) atoms. The highest BCUT2D eigenvalue weighted by atomic mass is 35.5. The maximum Gasteiger partial charge on any atom is 0.235 e. The first kappa shape index (κ1) is 16.8. The summed E-state index contributed by atoms with van der Waals surface area (Å²) < 4.78 is 24.4. The number of rotatable bonds is 6. The summed E-state index contributed by atoms with van der Waals surface area (Å²) in [7, 11) is -3.31. The summed E-state index contributed by atoms with van der Waals surface area (Å²) in [5, 5.41) is 3.20. The van der Waals surface area contributed by atoms with Gasteiger partial charge in [-0.1, -0.05) is 36.6 Å². The summed E-state index contributed by atoms with van der Waals surface area (Å²) in [5.74, 6) is -0.758. The van der Waals surface area contributed by atoms with E-state index in [1.807, 2.05) is 24.3 Å². The van der Waals surface area contributed by atoms with Crippen molar-refractivity contribution in [2.45, 2.75) is 49.2 Å². The van der Waals surface area contributed by atoms with Crippen LogP contribution in [-0.4, -0.2) is 31.9 Å². The zero-order valence-electron chi connectivity index (χ0n) is 13.1. The zero-order valence-corrected chi connectivity index (χ0v) is 14.6. The minimum absolute atomic E-state index is 0.0443. The van der Waals surface area contributed by atoms with Crippen LogP contribution in [0.3, 0.4) is 0 Å². The predicted octanol–water partition coefficient (Wildman–Crippen LogP) is 2.85. The van der Waals surface area contributed by atoms with Gasteiger partial charge in [-0.15, -0.1) is 0 Å². The molecule has 2 aliphatic rings. The van der Waals surface area contributed by atoms with Crippen molar-refractivity contribution in [1.29, 1.82) is 0 Å². The van der Waals surface area contributed by atoms with Gasteiger partial charge in [0.1, 0.15) is 5.75 Å².